The molecule has 3 aromatic rings. The van der Waals surface area contributed by atoms with Crippen LogP contribution in [0, 0.1) is 5.82 Å². The molecule has 0 bridgehead atoms. The van der Waals surface area contributed by atoms with Gasteiger partial charge >= 0.3 is 0 Å². The number of halogens is 2. The molecule has 0 unspecified atom stereocenters. The van der Waals surface area contributed by atoms with Gasteiger partial charge in [-0.25, -0.2) is 4.39 Å². The van der Waals surface area contributed by atoms with Gasteiger partial charge in [0, 0.05) is 22.3 Å². The molecule has 0 saturated carbocycles. The molecular weight excluding hydrogens is 357 g/mol. The highest BCUT2D eigenvalue weighted by Crippen LogP contribution is 2.20. The Morgan fingerprint density at radius 1 is 1.27 bits per heavy atom. The zero-order valence-electron chi connectivity index (χ0n) is 14.1. The van der Waals surface area contributed by atoms with E-state index in [1.165, 1.54) is 16.9 Å². The molecular formula is C19H17ClFN3O2. The minimum Gasteiger partial charge on any atom is -0.494 e. The second-order valence-electron chi connectivity index (χ2n) is 5.54. The summed E-state index contributed by atoms with van der Waals surface area (Å²) in [6, 6.07) is 11.4. The average Bonchev–Trinajstić information content (AvgIpc) is 3.06. The normalized spacial score (nSPS) is 10.6. The second kappa shape index (κ2) is 8.01. The number of anilines is 1. The SMILES string of the molecule is CCOc1ccc(C(=O)Nc2cnn(Cc3c(F)cccc3Cl)c2)cc1. The lowest BCUT2D eigenvalue weighted by Gasteiger charge is -2.06. The van der Waals surface area contributed by atoms with E-state index < -0.39 is 5.82 Å². The van der Waals surface area contributed by atoms with Gasteiger partial charge in [-0.2, -0.15) is 5.10 Å². The molecule has 2 aromatic carbocycles. The Morgan fingerprint density at radius 3 is 2.73 bits per heavy atom. The van der Waals surface area contributed by atoms with Gasteiger partial charge in [-0.3, -0.25) is 9.48 Å². The minimum atomic E-state index is -0.395. The first kappa shape index (κ1) is 17.9. The standard InChI is InChI=1S/C19H17ClFN3O2/c1-2-26-15-8-6-13(7-9-15)19(25)23-14-10-22-24(11-14)12-16-17(20)4-3-5-18(16)21/h3-11H,2,12H2,1H3,(H,23,25). The van der Waals surface area contributed by atoms with E-state index in [-0.39, 0.29) is 12.5 Å². The molecule has 0 radical (unpaired) electrons. The predicted molar refractivity (Wildman–Crippen MR) is 98.3 cm³/mol. The van der Waals surface area contributed by atoms with Crippen LogP contribution in [0.15, 0.2) is 54.9 Å². The third-order valence-corrected chi connectivity index (χ3v) is 4.05. The van der Waals surface area contributed by atoms with Crippen LogP contribution in [-0.4, -0.2) is 22.3 Å². The summed E-state index contributed by atoms with van der Waals surface area (Å²) in [6.45, 7) is 2.63. The summed E-state index contributed by atoms with van der Waals surface area (Å²) in [5.41, 5.74) is 1.36. The average molecular weight is 374 g/mol. The topological polar surface area (TPSA) is 56.1 Å². The maximum Gasteiger partial charge on any atom is 0.255 e. The molecule has 26 heavy (non-hydrogen) atoms. The van der Waals surface area contributed by atoms with E-state index >= 15 is 0 Å². The van der Waals surface area contributed by atoms with Crippen molar-refractivity contribution in [1.29, 1.82) is 0 Å². The third-order valence-electron chi connectivity index (χ3n) is 3.70. The van der Waals surface area contributed by atoms with E-state index in [9.17, 15) is 9.18 Å². The maximum atomic E-state index is 13.9. The molecule has 3 rings (SSSR count). The van der Waals surface area contributed by atoms with E-state index in [4.69, 9.17) is 16.3 Å². The number of nitrogens with zero attached hydrogens (tertiary/aromatic N) is 2. The van der Waals surface area contributed by atoms with Crippen LogP contribution in [0.2, 0.25) is 5.02 Å². The molecule has 0 aliphatic carbocycles. The molecule has 5 nitrogen and oxygen atoms in total. The van der Waals surface area contributed by atoms with E-state index in [1.54, 1.807) is 42.6 Å². The third kappa shape index (κ3) is 4.21. The number of rotatable bonds is 6. The van der Waals surface area contributed by atoms with Gasteiger partial charge in [0.1, 0.15) is 11.6 Å². The Hall–Kier alpha value is -2.86. The molecule has 0 aliphatic heterocycles. The second-order valence-corrected chi connectivity index (χ2v) is 5.95. The summed E-state index contributed by atoms with van der Waals surface area (Å²) in [5.74, 6) is 0.0446. The van der Waals surface area contributed by atoms with Crippen molar-refractivity contribution < 1.29 is 13.9 Å². The van der Waals surface area contributed by atoms with Crippen molar-refractivity contribution in [2.75, 3.05) is 11.9 Å². The maximum absolute atomic E-state index is 13.9. The van der Waals surface area contributed by atoms with Crippen LogP contribution < -0.4 is 10.1 Å². The molecule has 1 amide bonds. The molecule has 1 N–H and O–H groups in total. The van der Waals surface area contributed by atoms with Crippen molar-refractivity contribution in [3.8, 4) is 5.75 Å². The number of hydrogen-bond donors (Lipinski definition) is 1. The first-order valence-electron chi connectivity index (χ1n) is 8.06. The Bertz CT molecular complexity index is 889. The fourth-order valence-corrected chi connectivity index (χ4v) is 2.66. The Balaban J connectivity index is 1.67. The number of carbonyl (C=O) groups excluding carboxylic acids is 1. The Kier molecular flexibility index (Phi) is 5.53. The van der Waals surface area contributed by atoms with Crippen molar-refractivity contribution in [2.24, 2.45) is 0 Å². The van der Waals surface area contributed by atoms with Crippen LogP contribution >= 0.6 is 11.6 Å². The van der Waals surface area contributed by atoms with Crippen LogP contribution in [0.4, 0.5) is 10.1 Å². The lowest BCUT2D eigenvalue weighted by Crippen LogP contribution is -2.11. The number of aromatic nitrogens is 2. The smallest absolute Gasteiger partial charge is 0.255 e. The predicted octanol–water partition coefficient (Wildman–Crippen LogP) is 4.37. The molecule has 0 aliphatic rings. The summed E-state index contributed by atoms with van der Waals surface area (Å²) >= 11 is 6.02. The van der Waals surface area contributed by atoms with Crippen molar-refractivity contribution in [3.63, 3.8) is 0 Å². The van der Waals surface area contributed by atoms with Gasteiger partial charge in [0.15, 0.2) is 0 Å². The lowest BCUT2D eigenvalue weighted by atomic mass is 10.2. The van der Waals surface area contributed by atoms with Gasteiger partial charge in [0.2, 0.25) is 0 Å². The van der Waals surface area contributed by atoms with Crippen molar-refractivity contribution in [3.05, 3.63) is 76.8 Å². The molecule has 134 valence electrons. The van der Waals surface area contributed by atoms with Crippen molar-refractivity contribution >= 4 is 23.2 Å². The number of nitrogens with one attached hydrogen (secondary N) is 1. The van der Waals surface area contributed by atoms with Crippen LogP contribution in [0.1, 0.15) is 22.8 Å². The number of ether oxygens (including phenoxy) is 1. The molecule has 0 atom stereocenters. The Labute approximate surface area is 155 Å². The summed E-state index contributed by atoms with van der Waals surface area (Å²) in [4.78, 5) is 12.3. The van der Waals surface area contributed by atoms with Gasteiger partial charge < -0.3 is 10.1 Å². The minimum absolute atomic E-state index is 0.171. The largest absolute Gasteiger partial charge is 0.494 e. The lowest BCUT2D eigenvalue weighted by molar-refractivity contribution is 0.102. The monoisotopic (exact) mass is 373 g/mol. The van der Waals surface area contributed by atoms with Gasteiger partial charge in [-0.05, 0) is 43.3 Å². The number of amides is 1. The van der Waals surface area contributed by atoms with E-state index in [0.29, 0.717) is 34.2 Å². The van der Waals surface area contributed by atoms with E-state index in [0.717, 1.165) is 0 Å². The van der Waals surface area contributed by atoms with Crippen molar-refractivity contribution in [1.82, 2.24) is 9.78 Å². The fourth-order valence-electron chi connectivity index (χ4n) is 2.43. The van der Waals surface area contributed by atoms with Gasteiger partial charge in [-0.15, -0.1) is 0 Å². The van der Waals surface area contributed by atoms with Gasteiger partial charge in [-0.1, -0.05) is 17.7 Å². The van der Waals surface area contributed by atoms with Crippen LogP contribution in [0.25, 0.3) is 0 Å². The highest BCUT2D eigenvalue weighted by molar-refractivity contribution is 6.31. The summed E-state index contributed by atoms with van der Waals surface area (Å²) in [6.07, 6.45) is 3.12. The highest BCUT2D eigenvalue weighted by Gasteiger charge is 2.11. The zero-order chi connectivity index (χ0) is 18.5. The molecule has 0 spiro atoms. The van der Waals surface area contributed by atoms with Crippen LogP contribution in [-0.2, 0) is 6.54 Å². The number of hydrogen-bond acceptors (Lipinski definition) is 3. The summed E-state index contributed by atoms with van der Waals surface area (Å²) in [5, 5.41) is 7.22. The van der Waals surface area contributed by atoms with Gasteiger partial charge in [0.05, 0.1) is 25.0 Å². The molecule has 1 heterocycles. The quantitative estimate of drug-likeness (QED) is 0.697. The molecule has 0 saturated heterocycles. The van der Waals surface area contributed by atoms with Crippen LogP contribution in [0.5, 0.6) is 5.75 Å². The summed E-state index contributed by atoms with van der Waals surface area (Å²) < 4.78 is 20.7. The first-order valence-corrected chi connectivity index (χ1v) is 8.44. The molecule has 1 aromatic heterocycles. The first-order chi connectivity index (χ1) is 12.6. The molecule has 0 fully saturated rings. The molecule has 7 heteroatoms. The highest BCUT2D eigenvalue weighted by atomic mass is 35.5. The van der Waals surface area contributed by atoms with E-state index in [2.05, 4.69) is 10.4 Å². The number of carbonyl (C=O) groups is 1. The fraction of sp³-hybridized carbons (Fsp3) is 0.158. The Morgan fingerprint density at radius 2 is 2.04 bits per heavy atom. The van der Waals surface area contributed by atoms with Gasteiger partial charge in [0.25, 0.3) is 5.91 Å². The van der Waals surface area contributed by atoms with Crippen molar-refractivity contribution in [2.45, 2.75) is 13.5 Å². The van der Waals surface area contributed by atoms with Crippen LogP contribution in [0.3, 0.4) is 0 Å². The van der Waals surface area contributed by atoms with E-state index in [1.807, 2.05) is 6.92 Å². The number of benzene rings is 2. The zero-order valence-corrected chi connectivity index (χ0v) is 14.8. The summed E-state index contributed by atoms with van der Waals surface area (Å²) in [7, 11) is 0.